The molecule has 4 nitrogen and oxygen atoms in total. The maximum Gasteiger partial charge on any atom is 0.333 e. The summed E-state index contributed by atoms with van der Waals surface area (Å²) in [6.07, 6.45) is 1.85. The van der Waals surface area contributed by atoms with E-state index in [9.17, 15) is 4.79 Å². The number of ether oxygens (including phenoxy) is 3. The fraction of sp³-hybridized carbons (Fsp3) is 0.750. The Balaban J connectivity index is 3.41. The maximum atomic E-state index is 11.1. The Kier molecular flexibility index (Phi) is 8.85. The summed E-state index contributed by atoms with van der Waals surface area (Å²) in [5.41, 5.74) is 0.410. The summed E-state index contributed by atoms with van der Waals surface area (Å²) in [5.74, 6) is -0.366. The molecule has 0 aliphatic rings. The Morgan fingerprint density at radius 1 is 1.31 bits per heavy atom. The predicted octanol–water partition coefficient (Wildman–Crippen LogP) is 1.94. The van der Waals surface area contributed by atoms with E-state index < -0.39 is 0 Å². The smallest absolute Gasteiger partial charge is 0.333 e. The molecule has 0 saturated heterocycles. The molecule has 0 aromatic rings. The van der Waals surface area contributed by atoms with Gasteiger partial charge in [-0.3, -0.25) is 0 Å². The van der Waals surface area contributed by atoms with Crippen molar-refractivity contribution in [3.63, 3.8) is 0 Å². The molecule has 0 N–H and O–H groups in total. The first-order valence-electron chi connectivity index (χ1n) is 5.51. The summed E-state index contributed by atoms with van der Waals surface area (Å²) in [6, 6.07) is 0. The van der Waals surface area contributed by atoms with Crippen LogP contribution in [0.3, 0.4) is 0 Å². The fourth-order valence-electron chi connectivity index (χ4n) is 0.997. The summed E-state index contributed by atoms with van der Waals surface area (Å²) < 4.78 is 15.3. The third-order valence-electron chi connectivity index (χ3n) is 1.94. The average molecular weight is 230 g/mol. The Morgan fingerprint density at radius 2 is 1.94 bits per heavy atom. The lowest BCUT2D eigenvalue weighted by Gasteiger charge is -2.13. The molecule has 0 heterocycles. The van der Waals surface area contributed by atoms with Gasteiger partial charge in [-0.1, -0.05) is 6.58 Å². The van der Waals surface area contributed by atoms with Crippen LogP contribution in [0.5, 0.6) is 0 Å². The van der Waals surface area contributed by atoms with E-state index in [-0.39, 0.29) is 18.7 Å². The van der Waals surface area contributed by atoms with E-state index in [1.807, 2.05) is 6.92 Å². The lowest BCUT2D eigenvalue weighted by atomic mass is 10.3. The number of carbonyl (C=O) groups is 1. The summed E-state index contributed by atoms with van der Waals surface area (Å²) in [7, 11) is 1.68. The third kappa shape index (κ3) is 8.44. The minimum absolute atomic E-state index is 0.0779. The molecule has 4 heteroatoms. The second kappa shape index (κ2) is 9.36. The number of esters is 1. The van der Waals surface area contributed by atoms with Crippen molar-refractivity contribution in [1.29, 1.82) is 0 Å². The first-order valence-corrected chi connectivity index (χ1v) is 5.51. The van der Waals surface area contributed by atoms with E-state index in [1.165, 1.54) is 0 Å². The Morgan fingerprint density at radius 3 is 2.50 bits per heavy atom. The zero-order chi connectivity index (χ0) is 12.4. The second-order valence-corrected chi connectivity index (χ2v) is 3.76. The molecule has 0 amide bonds. The zero-order valence-electron chi connectivity index (χ0n) is 10.5. The van der Waals surface area contributed by atoms with Crippen LogP contribution in [-0.4, -0.2) is 39.0 Å². The molecule has 0 fully saturated rings. The van der Waals surface area contributed by atoms with Gasteiger partial charge in [-0.05, 0) is 26.7 Å². The molecule has 0 radical (unpaired) electrons. The van der Waals surface area contributed by atoms with Crippen LogP contribution in [0.1, 0.15) is 26.7 Å². The highest BCUT2D eigenvalue weighted by atomic mass is 16.6. The first kappa shape index (κ1) is 15.1. The van der Waals surface area contributed by atoms with E-state index in [4.69, 9.17) is 14.2 Å². The van der Waals surface area contributed by atoms with Crippen molar-refractivity contribution in [1.82, 2.24) is 0 Å². The number of methoxy groups -OCH3 is 1. The van der Waals surface area contributed by atoms with Gasteiger partial charge >= 0.3 is 5.97 Å². The molecule has 16 heavy (non-hydrogen) atoms. The van der Waals surface area contributed by atoms with Crippen LogP contribution in [-0.2, 0) is 19.0 Å². The molecule has 0 aromatic heterocycles. The third-order valence-corrected chi connectivity index (χ3v) is 1.94. The van der Waals surface area contributed by atoms with Crippen molar-refractivity contribution in [3.05, 3.63) is 12.2 Å². The second-order valence-electron chi connectivity index (χ2n) is 3.76. The number of rotatable bonds is 9. The van der Waals surface area contributed by atoms with Crippen molar-refractivity contribution < 1.29 is 19.0 Å². The summed E-state index contributed by atoms with van der Waals surface area (Å²) in [6.45, 7) is 8.69. The molecule has 1 unspecified atom stereocenters. The highest BCUT2D eigenvalue weighted by molar-refractivity contribution is 5.86. The highest BCUT2D eigenvalue weighted by Crippen LogP contribution is 1.99. The van der Waals surface area contributed by atoms with Crippen LogP contribution in [0.2, 0.25) is 0 Å². The molecule has 94 valence electrons. The van der Waals surface area contributed by atoms with Gasteiger partial charge in [0.15, 0.2) is 0 Å². The van der Waals surface area contributed by atoms with Crippen LogP contribution in [0.15, 0.2) is 12.2 Å². The van der Waals surface area contributed by atoms with Gasteiger partial charge in [-0.15, -0.1) is 0 Å². The van der Waals surface area contributed by atoms with Gasteiger partial charge in [0.25, 0.3) is 0 Å². The lowest BCUT2D eigenvalue weighted by molar-refractivity contribution is -0.142. The Hall–Kier alpha value is -0.870. The summed E-state index contributed by atoms with van der Waals surface area (Å²) >= 11 is 0. The van der Waals surface area contributed by atoms with E-state index in [0.717, 1.165) is 19.4 Å². The number of unbranched alkanes of at least 4 members (excludes halogenated alkanes) is 1. The average Bonchev–Trinajstić information content (AvgIpc) is 2.25. The van der Waals surface area contributed by atoms with E-state index in [2.05, 4.69) is 6.58 Å². The maximum absolute atomic E-state index is 11.1. The quantitative estimate of drug-likeness (QED) is 0.345. The van der Waals surface area contributed by atoms with Crippen molar-refractivity contribution in [3.8, 4) is 0 Å². The zero-order valence-corrected chi connectivity index (χ0v) is 10.5. The first-order chi connectivity index (χ1) is 7.57. The number of hydrogen-bond donors (Lipinski definition) is 0. The van der Waals surface area contributed by atoms with Gasteiger partial charge in [-0.25, -0.2) is 4.79 Å². The minimum Gasteiger partial charge on any atom is -0.460 e. The molecule has 0 saturated carbocycles. The minimum atomic E-state index is -0.366. The van der Waals surface area contributed by atoms with E-state index in [0.29, 0.717) is 12.2 Å². The SMILES string of the molecule is C=C(C)C(=O)OCC(C)OCCCCOC. The Labute approximate surface area is 97.6 Å². The molecule has 0 aliphatic heterocycles. The molecular formula is C12H22O4. The van der Waals surface area contributed by atoms with Gasteiger partial charge in [0.1, 0.15) is 6.61 Å². The molecule has 1 atom stereocenters. The Bertz CT molecular complexity index is 213. The van der Waals surface area contributed by atoms with Crippen molar-refractivity contribution in [2.45, 2.75) is 32.8 Å². The van der Waals surface area contributed by atoms with Gasteiger partial charge in [0.05, 0.1) is 6.10 Å². The molecular weight excluding hydrogens is 208 g/mol. The van der Waals surface area contributed by atoms with Crippen molar-refractivity contribution in [2.75, 3.05) is 26.9 Å². The topological polar surface area (TPSA) is 44.8 Å². The van der Waals surface area contributed by atoms with Gasteiger partial charge in [0.2, 0.25) is 0 Å². The number of carbonyl (C=O) groups excluding carboxylic acids is 1. The fourth-order valence-corrected chi connectivity index (χ4v) is 0.997. The molecule has 0 aromatic carbocycles. The lowest BCUT2D eigenvalue weighted by Crippen LogP contribution is -2.19. The highest BCUT2D eigenvalue weighted by Gasteiger charge is 2.07. The summed E-state index contributed by atoms with van der Waals surface area (Å²) in [5, 5.41) is 0. The van der Waals surface area contributed by atoms with Gasteiger partial charge in [-0.2, -0.15) is 0 Å². The van der Waals surface area contributed by atoms with Crippen LogP contribution < -0.4 is 0 Å². The molecule has 0 spiro atoms. The standard InChI is InChI=1S/C12H22O4/c1-10(2)12(13)16-9-11(3)15-8-6-5-7-14-4/h11H,1,5-9H2,2-4H3. The van der Waals surface area contributed by atoms with Crippen LogP contribution in [0.25, 0.3) is 0 Å². The van der Waals surface area contributed by atoms with Gasteiger partial charge in [0, 0.05) is 25.9 Å². The van der Waals surface area contributed by atoms with Crippen LogP contribution >= 0.6 is 0 Å². The van der Waals surface area contributed by atoms with Crippen LogP contribution in [0.4, 0.5) is 0 Å². The van der Waals surface area contributed by atoms with Crippen molar-refractivity contribution in [2.24, 2.45) is 0 Å². The summed E-state index contributed by atoms with van der Waals surface area (Å²) in [4.78, 5) is 11.1. The van der Waals surface area contributed by atoms with Crippen LogP contribution in [0, 0.1) is 0 Å². The molecule has 0 aliphatic carbocycles. The van der Waals surface area contributed by atoms with E-state index >= 15 is 0 Å². The molecule has 0 bridgehead atoms. The largest absolute Gasteiger partial charge is 0.460 e. The predicted molar refractivity (Wildman–Crippen MR) is 62.3 cm³/mol. The normalized spacial score (nSPS) is 12.2. The van der Waals surface area contributed by atoms with Gasteiger partial charge < -0.3 is 14.2 Å². The number of hydrogen-bond acceptors (Lipinski definition) is 4. The molecule has 0 rings (SSSR count). The van der Waals surface area contributed by atoms with E-state index in [1.54, 1.807) is 14.0 Å². The monoisotopic (exact) mass is 230 g/mol. The van der Waals surface area contributed by atoms with Crippen molar-refractivity contribution >= 4 is 5.97 Å².